The molecule has 0 saturated heterocycles. The van der Waals surface area contributed by atoms with Gasteiger partial charge >= 0.3 is 6.18 Å². The quantitative estimate of drug-likeness (QED) is 0.565. The molecule has 10 heteroatoms. The molecule has 0 radical (unpaired) electrons. The highest BCUT2D eigenvalue weighted by atomic mass is 19.4. The molecule has 0 aromatic carbocycles. The average Bonchev–Trinajstić information content (AvgIpc) is 3.17. The van der Waals surface area contributed by atoms with Crippen LogP contribution >= 0.6 is 0 Å². The van der Waals surface area contributed by atoms with Gasteiger partial charge in [0.15, 0.2) is 11.6 Å². The Morgan fingerprint density at radius 2 is 1.85 bits per heavy atom. The molecule has 0 amide bonds. The number of aromatic nitrogens is 4. The van der Waals surface area contributed by atoms with E-state index in [1.54, 1.807) is 25.3 Å². The van der Waals surface area contributed by atoms with Gasteiger partial charge in [-0.1, -0.05) is 6.07 Å². The third-order valence-corrected chi connectivity index (χ3v) is 6.05. The van der Waals surface area contributed by atoms with Crippen molar-refractivity contribution in [2.75, 3.05) is 0 Å². The molecule has 1 aliphatic carbocycles. The molecule has 3 aromatic heterocycles. The Morgan fingerprint density at radius 3 is 2.42 bits per heavy atom. The Bertz CT molecular complexity index is 1130. The second-order valence-electron chi connectivity index (χ2n) is 8.37. The number of Topliss-reactive ketones (excluding diaryl/α,β-unsaturated/α-hetero) is 1. The fourth-order valence-corrected chi connectivity index (χ4v) is 4.01. The van der Waals surface area contributed by atoms with E-state index in [9.17, 15) is 28.2 Å². The zero-order valence-corrected chi connectivity index (χ0v) is 17.9. The number of nitrogens with zero attached hydrogens (tertiary/aromatic N) is 4. The smallest absolute Gasteiger partial charge is 0.393 e. The van der Waals surface area contributed by atoms with Crippen LogP contribution in [-0.2, 0) is 18.2 Å². The van der Waals surface area contributed by atoms with Crippen LogP contribution in [0.3, 0.4) is 0 Å². The number of rotatable bonds is 5. The number of halogens is 3. The van der Waals surface area contributed by atoms with E-state index >= 15 is 0 Å². The molecule has 1 saturated carbocycles. The zero-order valence-electron chi connectivity index (χ0n) is 17.9. The fraction of sp³-hybridized carbons (Fsp3) is 0.391. The minimum absolute atomic E-state index is 0.0530. The molecular formula is C23H23F3N4O3. The molecule has 0 aliphatic heterocycles. The van der Waals surface area contributed by atoms with Crippen molar-refractivity contribution in [3.63, 3.8) is 0 Å². The van der Waals surface area contributed by atoms with Crippen LogP contribution in [0.4, 0.5) is 13.2 Å². The summed E-state index contributed by atoms with van der Waals surface area (Å²) in [7, 11) is 0. The van der Waals surface area contributed by atoms with Crippen molar-refractivity contribution in [1.82, 2.24) is 19.7 Å². The molecule has 174 valence electrons. The topological polar surface area (TPSA) is 101 Å². The van der Waals surface area contributed by atoms with Gasteiger partial charge in [-0.2, -0.15) is 18.3 Å². The Hall–Kier alpha value is -3.11. The predicted octanol–water partition coefficient (Wildman–Crippen LogP) is 3.54. The molecule has 33 heavy (non-hydrogen) atoms. The van der Waals surface area contributed by atoms with Gasteiger partial charge in [-0.25, -0.2) is 9.67 Å². The predicted molar refractivity (Wildman–Crippen MR) is 112 cm³/mol. The number of carbonyl (C=O) groups excluding carboxylic acids is 1. The maximum atomic E-state index is 12.8. The van der Waals surface area contributed by atoms with Gasteiger partial charge in [0.1, 0.15) is 5.60 Å². The van der Waals surface area contributed by atoms with E-state index in [1.807, 2.05) is 0 Å². The maximum Gasteiger partial charge on any atom is 0.417 e. The Balaban J connectivity index is 1.47. The van der Waals surface area contributed by atoms with Gasteiger partial charge in [0, 0.05) is 18.8 Å². The van der Waals surface area contributed by atoms with Crippen molar-refractivity contribution < 1.29 is 28.2 Å². The number of aliphatic hydroxyl groups is 2. The number of ketones is 1. The van der Waals surface area contributed by atoms with E-state index in [0.29, 0.717) is 48.2 Å². The van der Waals surface area contributed by atoms with Gasteiger partial charge in [0.25, 0.3) is 0 Å². The second-order valence-corrected chi connectivity index (χ2v) is 8.37. The van der Waals surface area contributed by atoms with E-state index in [-0.39, 0.29) is 18.0 Å². The lowest BCUT2D eigenvalue weighted by Gasteiger charge is -2.33. The third kappa shape index (κ3) is 4.81. The normalized spacial score (nSPS) is 21.2. The molecule has 1 aliphatic rings. The summed E-state index contributed by atoms with van der Waals surface area (Å²) in [5.41, 5.74) is 0.0321. The first-order chi connectivity index (χ1) is 15.6. The first-order valence-corrected chi connectivity index (χ1v) is 10.5. The largest absolute Gasteiger partial charge is 0.417 e. The number of pyridine rings is 2. The van der Waals surface area contributed by atoms with Crippen LogP contribution in [0.5, 0.6) is 0 Å². The summed E-state index contributed by atoms with van der Waals surface area (Å²) in [6.45, 7) is 1.65. The van der Waals surface area contributed by atoms with Crippen molar-refractivity contribution in [3.05, 3.63) is 70.9 Å². The summed E-state index contributed by atoms with van der Waals surface area (Å²) in [4.78, 5) is 21.0. The molecule has 7 nitrogen and oxygen atoms in total. The molecule has 0 bridgehead atoms. The van der Waals surface area contributed by atoms with Crippen LogP contribution < -0.4 is 0 Å². The molecule has 4 rings (SSSR count). The second kappa shape index (κ2) is 8.68. The highest BCUT2D eigenvalue weighted by Gasteiger charge is 2.35. The van der Waals surface area contributed by atoms with Crippen LogP contribution in [0.1, 0.15) is 58.6 Å². The number of alkyl halides is 3. The van der Waals surface area contributed by atoms with Crippen molar-refractivity contribution >= 4 is 5.78 Å². The minimum atomic E-state index is -4.48. The number of hydrogen-bond donors (Lipinski definition) is 2. The zero-order chi connectivity index (χ0) is 23.8. The van der Waals surface area contributed by atoms with E-state index < -0.39 is 23.4 Å². The summed E-state index contributed by atoms with van der Waals surface area (Å²) in [5.74, 6) is -0.0453. The first-order valence-electron chi connectivity index (χ1n) is 10.5. The lowest BCUT2D eigenvalue weighted by Crippen LogP contribution is -2.34. The summed E-state index contributed by atoms with van der Waals surface area (Å²) in [5, 5.41) is 24.6. The van der Waals surface area contributed by atoms with E-state index in [4.69, 9.17) is 0 Å². The van der Waals surface area contributed by atoms with Crippen molar-refractivity contribution in [2.45, 2.75) is 56.9 Å². The minimum Gasteiger partial charge on any atom is -0.393 e. The summed E-state index contributed by atoms with van der Waals surface area (Å²) in [6, 6.07) is 5.55. The molecule has 0 spiro atoms. The first kappa shape index (κ1) is 23.1. The highest BCUT2D eigenvalue weighted by Crippen LogP contribution is 2.36. The number of aliphatic hydroxyl groups excluding tert-OH is 1. The summed E-state index contributed by atoms with van der Waals surface area (Å²) >= 11 is 0. The lowest BCUT2D eigenvalue weighted by atomic mass is 9.81. The number of hydrogen-bond acceptors (Lipinski definition) is 6. The molecule has 2 N–H and O–H groups in total. The SMILES string of the molecule is Cc1c(C(=O)Cc2ccc(C3(O)CCC(O)CC3)nc2)cnn1-c1ccc(C(F)(F)F)cn1. The van der Waals surface area contributed by atoms with Crippen LogP contribution in [-0.4, -0.2) is 41.8 Å². The van der Waals surface area contributed by atoms with E-state index in [1.165, 1.54) is 16.9 Å². The summed E-state index contributed by atoms with van der Waals surface area (Å²) in [6.07, 6.45) is 0.690. The molecule has 3 aromatic rings. The molecule has 3 heterocycles. The lowest BCUT2D eigenvalue weighted by molar-refractivity contribution is -0.137. The van der Waals surface area contributed by atoms with Crippen LogP contribution in [0.2, 0.25) is 0 Å². The monoisotopic (exact) mass is 460 g/mol. The van der Waals surface area contributed by atoms with E-state index in [2.05, 4.69) is 15.1 Å². The van der Waals surface area contributed by atoms with Gasteiger partial charge < -0.3 is 10.2 Å². The molecule has 0 atom stereocenters. The van der Waals surface area contributed by atoms with Gasteiger partial charge in [-0.05, 0) is 56.4 Å². The molecular weight excluding hydrogens is 437 g/mol. The Labute approximate surface area is 187 Å². The highest BCUT2D eigenvalue weighted by molar-refractivity contribution is 5.98. The number of carbonyl (C=O) groups is 1. The van der Waals surface area contributed by atoms with E-state index in [0.717, 1.165) is 12.3 Å². The fourth-order valence-electron chi connectivity index (χ4n) is 4.01. The van der Waals surface area contributed by atoms with Crippen molar-refractivity contribution in [1.29, 1.82) is 0 Å². The van der Waals surface area contributed by atoms with Gasteiger partial charge in [-0.15, -0.1) is 0 Å². The molecule has 1 fully saturated rings. The molecule has 0 unspecified atom stereocenters. The van der Waals surface area contributed by atoms with Gasteiger partial charge in [-0.3, -0.25) is 9.78 Å². The van der Waals surface area contributed by atoms with Crippen LogP contribution in [0, 0.1) is 6.92 Å². The maximum absolute atomic E-state index is 12.8. The van der Waals surface area contributed by atoms with Crippen LogP contribution in [0.25, 0.3) is 5.82 Å². The van der Waals surface area contributed by atoms with Crippen molar-refractivity contribution in [2.24, 2.45) is 0 Å². The third-order valence-electron chi connectivity index (χ3n) is 6.05. The van der Waals surface area contributed by atoms with Crippen molar-refractivity contribution in [3.8, 4) is 5.82 Å². The van der Waals surface area contributed by atoms with Gasteiger partial charge in [0.2, 0.25) is 0 Å². The Morgan fingerprint density at radius 1 is 1.12 bits per heavy atom. The standard InChI is InChI=1S/C23H23F3N4O3/c1-14-18(13-29-30(14)21-5-3-16(12-28-21)23(24,25)26)19(32)10-15-2-4-20(27-11-15)22(33)8-6-17(31)7-9-22/h2-5,11-13,17,31,33H,6-10H2,1H3. The Kier molecular flexibility index (Phi) is 6.06. The summed E-state index contributed by atoms with van der Waals surface area (Å²) < 4.78 is 39.6. The van der Waals surface area contributed by atoms with Gasteiger partial charge in [0.05, 0.1) is 34.8 Å². The average molecular weight is 460 g/mol. The van der Waals surface area contributed by atoms with Crippen LogP contribution in [0.15, 0.2) is 42.9 Å².